The predicted octanol–water partition coefficient (Wildman–Crippen LogP) is 15.1. The summed E-state index contributed by atoms with van der Waals surface area (Å²) in [5.74, 6) is 1.73. The van der Waals surface area contributed by atoms with Crippen LogP contribution in [0.15, 0.2) is 180 Å². The Hall–Kier alpha value is -7.10. The van der Waals surface area contributed by atoms with E-state index >= 15 is 0 Å². The second-order valence-electron chi connectivity index (χ2n) is 15.7. The average Bonchev–Trinajstić information content (AvgIpc) is 3.72. The highest BCUT2D eigenvalue weighted by atomic mass is 16.5. The number of hydrogen-bond acceptors (Lipinski definition) is 3. The summed E-state index contributed by atoms with van der Waals surface area (Å²) < 4.78 is 13.3. The van der Waals surface area contributed by atoms with Crippen molar-refractivity contribution in [2.24, 2.45) is 0 Å². The minimum absolute atomic E-state index is 0.0817. The van der Waals surface area contributed by atoms with Crippen LogP contribution in [0, 0.1) is 0 Å². The minimum atomic E-state index is -0.0817. The molecule has 9 aromatic carbocycles. The van der Waals surface area contributed by atoms with Gasteiger partial charge in [0.1, 0.15) is 22.7 Å². The van der Waals surface area contributed by atoms with E-state index in [2.05, 4.69) is 183 Å². The van der Waals surface area contributed by atoms with E-state index in [1.807, 2.05) is 12.1 Å². The SMILES string of the molecule is CC1(C)c2ccccc2-c2cc(N(c3ccc4c(c3)oc3ccccc34)c3ccc4c5c(cccc35)-c3ccc(-c5ccc6ccccc6c5)cc3O4)ccc21. The van der Waals surface area contributed by atoms with E-state index in [0.717, 1.165) is 72.4 Å². The Morgan fingerprint density at radius 2 is 1.14 bits per heavy atom. The molecule has 1 aliphatic carbocycles. The highest BCUT2D eigenvalue weighted by molar-refractivity contribution is 6.12. The molecule has 0 unspecified atom stereocenters. The highest BCUT2D eigenvalue weighted by Gasteiger charge is 2.36. The summed E-state index contributed by atoms with van der Waals surface area (Å²) in [5.41, 5.74) is 14.7. The van der Waals surface area contributed by atoms with Crippen LogP contribution in [0.2, 0.25) is 0 Å². The van der Waals surface area contributed by atoms with Crippen molar-refractivity contribution in [3.05, 3.63) is 187 Å². The van der Waals surface area contributed by atoms with E-state index in [9.17, 15) is 0 Å². The number of nitrogens with zero attached hydrogens (tertiary/aromatic N) is 1. The lowest BCUT2D eigenvalue weighted by molar-refractivity contribution is 0.487. The number of rotatable bonds is 4. The molecule has 0 saturated heterocycles. The molecule has 12 rings (SSSR count). The van der Waals surface area contributed by atoms with E-state index in [1.165, 1.54) is 44.2 Å². The van der Waals surface area contributed by atoms with Crippen molar-refractivity contribution in [2.45, 2.75) is 19.3 Å². The molecule has 264 valence electrons. The number of furan rings is 1. The van der Waals surface area contributed by atoms with Gasteiger partial charge in [-0.3, -0.25) is 0 Å². The Morgan fingerprint density at radius 3 is 2.09 bits per heavy atom. The second-order valence-corrected chi connectivity index (χ2v) is 15.7. The lowest BCUT2D eigenvalue weighted by Gasteiger charge is -2.30. The molecular formula is C53H35NO2. The third-order valence-electron chi connectivity index (χ3n) is 12.2. The summed E-state index contributed by atoms with van der Waals surface area (Å²) >= 11 is 0. The summed E-state index contributed by atoms with van der Waals surface area (Å²) in [7, 11) is 0. The van der Waals surface area contributed by atoms with Gasteiger partial charge in [0.2, 0.25) is 0 Å². The molecule has 3 heteroatoms. The normalized spacial score (nSPS) is 13.5. The zero-order valence-corrected chi connectivity index (χ0v) is 31.0. The molecule has 0 radical (unpaired) electrons. The third kappa shape index (κ3) is 4.46. The van der Waals surface area contributed by atoms with Crippen LogP contribution in [0.1, 0.15) is 25.0 Å². The van der Waals surface area contributed by atoms with Gasteiger partial charge in [-0.15, -0.1) is 0 Å². The van der Waals surface area contributed by atoms with Gasteiger partial charge in [-0.2, -0.15) is 0 Å². The molecule has 1 aliphatic heterocycles. The molecular weight excluding hydrogens is 683 g/mol. The van der Waals surface area contributed by atoms with Crippen molar-refractivity contribution < 1.29 is 9.15 Å². The molecule has 0 fully saturated rings. The Kier molecular flexibility index (Phi) is 6.40. The van der Waals surface area contributed by atoms with Gasteiger partial charge in [-0.05, 0) is 110 Å². The fourth-order valence-corrected chi connectivity index (χ4v) is 9.49. The summed E-state index contributed by atoms with van der Waals surface area (Å²) in [5, 5.41) is 6.93. The van der Waals surface area contributed by atoms with Crippen molar-refractivity contribution in [1.29, 1.82) is 0 Å². The summed E-state index contributed by atoms with van der Waals surface area (Å²) in [6.07, 6.45) is 0. The van der Waals surface area contributed by atoms with Crippen molar-refractivity contribution in [1.82, 2.24) is 0 Å². The zero-order valence-electron chi connectivity index (χ0n) is 31.0. The van der Waals surface area contributed by atoms with Crippen LogP contribution in [0.25, 0.3) is 76.9 Å². The van der Waals surface area contributed by atoms with Crippen molar-refractivity contribution >= 4 is 60.5 Å². The fraction of sp³-hybridized carbons (Fsp3) is 0.0566. The van der Waals surface area contributed by atoms with Crippen LogP contribution >= 0.6 is 0 Å². The molecule has 2 aliphatic rings. The maximum atomic E-state index is 6.83. The molecule has 1 aromatic heterocycles. The lowest BCUT2D eigenvalue weighted by atomic mass is 9.82. The van der Waals surface area contributed by atoms with Gasteiger partial charge < -0.3 is 14.1 Å². The second kappa shape index (κ2) is 11.5. The van der Waals surface area contributed by atoms with Crippen LogP contribution in [0.3, 0.4) is 0 Å². The first-order valence-corrected chi connectivity index (χ1v) is 19.3. The third-order valence-corrected chi connectivity index (χ3v) is 12.2. The molecule has 0 bridgehead atoms. The Labute approximate surface area is 324 Å². The van der Waals surface area contributed by atoms with Gasteiger partial charge >= 0.3 is 0 Å². The van der Waals surface area contributed by atoms with Gasteiger partial charge in [0, 0.05) is 50.0 Å². The number of fused-ring (bicyclic) bond motifs is 9. The number of benzene rings is 9. The van der Waals surface area contributed by atoms with Crippen LogP contribution in [-0.2, 0) is 5.41 Å². The van der Waals surface area contributed by atoms with Gasteiger partial charge in [0.25, 0.3) is 0 Å². The van der Waals surface area contributed by atoms with Crippen molar-refractivity contribution in [3.8, 4) is 44.9 Å². The highest BCUT2D eigenvalue weighted by Crippen LogP contribution is 2.54. The Morgan fingerprint density at radius 1 is 0.429 bits per heavy atom. The zero-order chi connectivity index (χ0) is 37.1. The van der Waals surface area contributed by atoms with Crippen molar-refractivity contribution in [2.75, 3.05) is 4.90 Å². The first-order chi connectivity index (χ1) is 27.5. The number of para-hydroxylation sites is 1. The Bertz CT molecular complexity index is 3280. The number of anilines is 3. The molecule has 10 aromatic rings. The maximum absolute atomic E-state index is 6.83. The van der Waals surface area contributed by atoms with Crippen LogP contribution in [0.4, 0.5) is 17.1 Å². The van der Waals surface area contributed by atoms with E-state index in [0.29, 0.717) is 0 Å². The maximum Gasteiger partial charge on any atom is 0.137 e. The molecule has 0 N–H and O–H groups in total. The first kappa shape index (κ1) is 31.3. The largest absolute Gasteiger partial charge is 0.456 e. The van der Waals surface area contributed by atoms with E-state index in [1.54, 1.807) is 0 Å². The quantitative estimate of drug-likeness (QED) is 0.181. The lowest BCUT2D eigenvalue weighted by Crippen LogP contribution is -2.15. The van der Waals surface area contributed by atoms with Crippen molar-refractivity contribution in [3.63, 3.8) is 0 Å². The van der Waals surface area contributed by atoms with Gasteiger partial charge in [-0.25, -0.2) is 0 Å². The smallest absolute Gasteiger partial charge is 0.137 e. The van der Waals surface area contributed by atoms with E-state index < -0.39 is 0 Å². The fourth-order valence-electron chi connectivity index (χ4n) is 9.49. The van der Waals surface area contributed by atoms with Crippen LogP contribution < -0.4 is 9.64 Å². The monoisotopic (exact) mass is 717 g/mol. The molecule has 0 amide bonds. The van der Waals surface area contributed by atoms with E-state index in [4.69, 9.17) is 9.15 Å². The molecule has 56 heavy (non-hydrogen) atoms. The molecule has 0 atom stereocenters. The van der Waals surface area contributed by atoms with Gasteiger partial charge in [-0.1, -0.05) is 123 Å². The standard InChI is InChI=1S/C53H35NO2/c1-53(2)45-16-7-5-12-38(45)44-30-36(22-25-46(44)53)54(37-21-24-40-39-13-6-8-17-48(39)55-51(40)31-37)47-26-27-49-52-42(14-9-15-43(47)52)41-23-20-35(29-50(41)56-49)34-19-18-32-10-3-4-11-33(32)28-34/h3-31H,1-2H3. The summed E-state index contributed by atoms with van der Waals surface area (Å²) in [6.45, 7) is 4.67. The minimum Gasteiger partial charge on any atom is -0.456 e. The van der Waals surface area contributed by atoms with Gasteiger partial charge in [0.15, 0.2) is 0 Å². The molecule has 2 heterocycles. The molecule has 0 spiro atoms. The summed E-state index contributed by atoms with van der Waals surface area (Å²) in [6, 6.07) is 63.5. The predicted molar refractivity (Wildman–Crippen MR) is 232 cm³/mol. The first-order valence-electron chi connectivity index (χ1n) is 19.3. The van der Waals surface area contributed by atoms with Crippen LogP contribution in [0.5, 0.6) is 11.5 Å². The Balaban J connectivity index is 1.05. The topological polar surface area (TPSA) is 25.6 Å². The number of hydrogen-bond donors (Lipinski definition) is 0. The van der Waals surface area contributed by atoms with E-state index in [-0.39, 0.29) is 5.41 Å². The molecule has 3 nitrogen and oxygen atoms in total. The number of ether oxygens (including phenoxy) is 1. The summed E-state index contributed by atoms with van der Waals surface area (Å²) in [4.78, 5) is 2.39. The molecule has 0 saturated carbocycles. The average molecular weight is 718 g/mol. The van der Waals surface area contributed by atoms with Gasteiger partial charge in [0.05, 0.1) is 5.69 Å². The van der Waals surface area contributed by atoms with Crippen LogP contribution in [-0.4, -0.2) is 0 Å².